The Morgan fingerprint density at radius 1 is 1.38 bits per heavy atom. The van der Waals surface area contributed by atoms with E-state index in [1.165, 1.54) is 6.07 Å². The van der Waals surface area contributed by atoms with Gasteiger partial charge in [0.05, 0.1) is 10.3 Å². The number of rotatable bonds is 6. The van der Waals surface area contributed by atoms with Crippen LogP contribution in [0.3, 0.4) is 0 Å². The molecule has 0 heterocycles. The molecule has 0 aliphatic carbocycles. The first-order chi connectivity index (χ1) is 9.49. The van der Waals surface area contributed by atoms with E-state index in [2.05, 4.69) is 21.2 Å². The number of benzene rings is 1. The van der Waals surface area contributed by atoms with Crippen molar-refractivity contribution < 1.29 is 14.8 Å². The van der Waals surface area contributed by atoms with Crippen LogP contribution in [0.25, 0.3) is 0 Å². The second kappa shape index (κ2) is 6.11. The third-order valence-corrected chi connectivity index (χ3v) is 4.56. The summed E-state index contributed by atoms with van der Waals surface area (Å²) in [6.07, 6.45) is 0. The molecule has 0 unspecified atom stereocenters. The van der Waals surface area contributed by atoms with Crippen LogP contribution in [0.5, 0.6) is 0 Å². The van der Waals surface area contributed by atoms with E-state index >= 15 is 0 Å². The van der Waals surface area contributed by atoms with Gasteiger partial charge in [-0.1, -0.05) is 15.9 Å². The number of nitrogens with zero attached hydrogens (tertiary/aromatic N) is 1. The summed E-state index contributed by atoms with van der Waals surface area (Å²) in [5.41, 5.74) is -1.24. The standard InChI is InChI=1S/C14H19BrN2O4/c1-13(2,12(18)19)14(3,4)16-8-9-5-6-10(15)7-11(9)17(20)21/h5-7,16H,8H2,1-4H3,(H,18,19). The van der Waals surface area contributed by atoms with E-state index in [9.17, 15) is 20.0 Å². The zero-order valence-electron chi connectivity index (χ0n) is 12.4. The van der Waals surface area contributed by atoms with Crippen molar-refractivity contribution in [2.24, 2.45) is 5.41 Å². The number of nitro groups is 1. The Hall–Kier alpha value is -1.47. The summed E-state index contributed by atoms with van der Waals surface area (Å²) >= 11 is 3.20. The van der Waals surface area contributed by atoms with Crippen LogP contribution in [0.4, 0.5) is 5.69 Å². The Balaban J connectivity index is 2.99. The largest absolute Gasteiger partial charge is 0.481 e. The number of halogens is 1. The van der Waals surface area contributed by atoms with Crippen LogP contribution in [0, 0.1) is 15.5 Å². The number of carboxylic acid groups (broad SMARTS) is 1. The molecule has 21 heavy (non-hydrogen) atoms. The van der Waals surface area contributed by atoms with Gasteiger partial charge in [0.2, 0.25) is 0 Å². The summed E-state index contributed by atoms with van der Waals surface area (Å²) in [5.74, 6) is -0.926. The molecule has 0 saturated carbocycles. The highest BCUT2D eigenvalue weighted by Crippen LogP contribution is 2.32. The Morgan fingerprint density at radius 3 is 2.43 bits per heavy atom. The van der Waals surface area contributed by atoms with Crippen molar-refractivity contribution in [3.8, 4) is 0 Å². The van der Waals surface area contributed by atoms with E-state index in [1.54, 1.807) is 39.8 Å². The minimum atomic E-state index is -1.02. The maximum Gasteiger partial charge on any atom is 0.310 e. The molecular weight excluding hydrogens is 340 g/mol. The van der Waals surface area contributed by atoms with E-state index in [-0.39, 0.29) is 12.2 Å². The topological polar surface area (TPSA) is 92.5 Å². The number of nitro benzene ring substituents is 1. The molecule has 0 radical (unpaired) electrons. The van der Waals surface area contributed by atoms with Crippen LogP contribution in [0.1, 0.15) is 33.3 Å². The first-order valence-corrected chi connectivity index (χ1v) is 7.19. The summed E-state index contributed by atoms with van der Waals surface area (Å²) in [6, 6.07) is 4.81. The van der Waals surface area contributed by atoms with Crippen molar-refractivity contribution in [2.45, 2.75) is 39.8 Å². The van der Waals surface area contributed by atoms with Crippen molar-refractivity contribution in [1.82, 2.24) is 5.32 Å². The molecule has 0 atom stereocenters. The van der Waals surface area contributed by atoms with Crippen molar-refractivity contribution in [3.63, 3.8) is 0 Å². The van der Waals surface area contributed by atoms with E-state index in [1.807, 2.05) is 0 Å². The molecule has 0 fully saturated rings. The van der Waals surface area contributed by atoms with E-state index < -0.39 is 21.8 Å². The number of carbonyl (C=O) groups is 1. The van der Waals surface area contributed by atoms with Crippen molar-refractivity contribution in [2.75, 3.05) is 0 Å². The second-order valence-corrected chi connectivity index (χ2v) is 6.85. The van der Waals surface area contributed by atoms with Gasteiger partial charge in [0, 0.05) is 28.2 Å². The normalized spacial score (nSPS) is 12.2. The first-order valence-electron chi connectivity index (χ1n) is 6.40. The first kappa shape index (κ1) is 17.6. The Labute approximate surface area is 131 Å². The molecule has 0 spiro atoms. The zero-order chi connectivity index (χ0) is 16.4. The molecule has 0 amide bonds. The number of hydrogen-bond donors (Lipinski definition) is 2. The summed E-state index contributed by atoms with van der Waals surface area (Å²) in [7, 11) is 0. The van der Waals surface area contributed by atoms with Gasteiger partial charge in [0.15, 0.2) is 0 Å². The van der Waals surface area contributed by atoms with Gasteiger partial charge in [0.1, 0.15) is 0 Å². The highest BCUT2D eigenvalue weighted by atomic mass is 79.9. The fourth-order valence-corrected chi connectivity index (χ4v) is 2.01. The molecule has 0 aliphatic rings. The van der Waals surface area contributed by atoms with Gasteiger partial charge in [-0.3, -0.25) is 14.9 Å². The maximum absolute atomic E-state index is 11.3. The highest BCUT2D eigenvalue weighted by Gasteiger charge is 2.43. The maximum atomic E-state index is 11.3. The molecular formula is C14H19BrN2O4. The van der Waals surface area contributed by atoms with Crippen LogP contribution >= 0.6 is 15.9 Å². The molecule has 0 saturated heterocycles. The second-order valence-electron chi connectivity index (χ2n) is 5.94. The summed E-state index contributed by atoms with van der Waals surface area (Å²) in [5, 5.41) is 23.5. The molecule has 0 bridgehead atoms. The number of carboxylic acids is 1. The van der Waals surface area contributed by atoms with Crippen LogP contribution in [-0.2, 0) is 11.3 Å². The molecule has 1 aromatic rings. The predicted octanol–water partition coefficient (Wildman–Crippen LogP) is 3.34. The van der Waals surface area contributed by atoms with Gasteiger partial charge >= 0.3 is 5.97 Å². The lowest BCUT2D eigenvalue weighted by Gasteiger charge is -2.39. The average molecular weight is 359 g/mol. The summed E-state index contributed by atoms with van der Waals surface area (Å²) in [4.78, 5) is 22.0. The van der Waals surface area contributed by atoms with Crippen LogP contribution in [-0.4, -0.2) is 21.5 Å². The van der Waals surface area contributed by atoms with Gasteiger partial charge in [-0.05, 0) is 39.8 Å². The lowest BCUT2D eigenvalue weighted by Crippen LogP contribution is -2.54. The number of hydrogen-bond acceptors (Lipinski definition) is 4. The molecule has 7 heteroatoms. The molecule has 116 valence electrons. The summed E-state index contributed by atoms with van der Waals surface area (Å²) in [6.45, 7) is 7.00. The fourth-order valence-electron chi connectivity index (χ4n) is 1.66. The van der Waals surface area contributed by atoms with E-state index in [0.717, 1.165) is 0 Å². The van der Waals surface area contributed by atoms with Crippen molar-refractivity contribution in [3.05, 3.63) is 38.3 Å². The average Bonchev–Trinajstić information content (AvgIpc) is 2.36. The fraction of sp³-hybridized carbons (Fsp3) is 0.500. The molecule has 6 nitrogen and oxygen atoms in total. The van der Waals surface area contributed by atoms with E-state index in [0.29, 0.717) is 10.0 Å². The van der Waals surface area contributed by atoms with Crippen molar-refractivity contribution >= 4 is 27.6 Å². The van der Waals surface area contributed by atoms with Gasteiger partial charge in [-0.25, -0.2) is 0 Å². The van der Waals surface area contributed by atoms with Crippen LogP contribution < -0.4 is 5.32 Å². The van der Waals surface area contributed by atoms with Gasteiger partial charge in [-0.2, -0.15) is 0 Å². The Bertz CT molecular complexity index is 570. The third kappa shape index (κ3) is 3.79. The van der Waals surface area contributed by atoms with E-state index in [4.69, 9.17) is 0 Å². The van der Waals surface area contributed by atoms with Gasteiger partial charge in [-0.15, -0.1) is 0 Å². The summed E-state index contributed by atoms with van der Waals surface area (Å²) < 4.78 is 0.628. The molecule has 0 aromatic heterocycles. The minimum Gasteiger partial charge on any atom is -0.481 e. The zero-order valence-corrected chi connectivity index (χ0v) is 14.0. The Morgan fingerprint density at radius 2 is 1.95 bits per heavy atom. The number of aliphatic carboxylic acids is 1. The Kier molecular flexibility index (Phi) is 5.11. The molecule has 1 aromatic carbocycles. The quantitative estimate of drug-likeness (QED) is 0.600. The van der Waals surface area contributed by atoms with Crippen molar-refractivity contribution in [1.29, 1.82) is 0 Å². The number of nitrogens with one attached hydrogen (secondary N) is 1. The smallest absolute Gasteiger partial charge is 0.310 e. The van der Waals surface area contributed by atoms with Crippen LogP contribution in [0.2, 0.25) is 0 Å². The third-order valence-electron chi connectivity index (χ3n) is 4.06. The minimum absolute atomic E-state index is 0.000746. The monoisotopic (exact) mass is 358 g/mol. The van der Waals surface area contributed by atoms with Crippen LogP contribution in [0.15, 0.2) is 22.7 Å². The SMILES string of the molecule is CC(C)(NCc1ccc(Br)cc1[N+](=O)[O-])C(C)(C)C(=O)O. The predicted molar refractivity (Wildman–Crippen MR) is 83.1 cm³/mol. The van der Waals surface area contributed by atoms with Gasteiger partial charge in [0.25, 0.3) is 5.69 Å². The molecule has 1 rings (SSSR count). The molecule has 0 aliphatic heterocycles. The molecule has 2 N–H and O–H groups in total. The lowest BCUT2D eigenvalue weighted by atomic mass is 9.74. The highest BCUT2D eigenvalue weighted by molar-refractivity contribution is 9.10. The lowest BCUT2D eigenvalue weighted by molar-refractivity contribution is -0.385. The van der Waals surface area contributed by atoms with Gasteiger partial charge < -0.3 is 10.4 Å².